The zero-order chi connectivity index (χ0) is 12.7. The predicted octanol–water partition coefficient (Wildman–Crippen LogP) is 2.41. The number of rotatable bonds is 2. The van der Waals surface area contributed by atoms with Crippen molar-refractivity contribution < 1.29 is 9.90 Å². The second kappa shape index (κ2) is 4.06. The molecule has 0 aromatic carbocycles. The van der Waals surface area contributed by atoms with Crippen LogP contribution in [0.2, 0.25) is 0 Å². The van der Waals surface area contributed by atoms with Gasteiger partial charge in [-0.05, 0) is 18.4 Å². The maximum atomic E-state index is 11.5. The molecule has 0 radical (unpaired) electrons. The third-order valence-electron chi connectivity index (χ3n) is 3.17. The number of hydrogen-bond acceptors (Lipinski definition) is 4. The Balaban J connectivity index is 2.19. The van der Waals surface area contributed by atoms with Gasteiger partial charge in [-0.25, -0.2) is 4.99 Å². The summed E-state index contributed by atoms with van der Waals surface area (Å²) in [6, 6.07) is 3.89. The molecule has 0 spiro atoms. The number of aromatic nitrogens is 2. The van der Waals surface area contributed by atoms with Crippen LogP contribution in [0.5, 0.6) is 0 Å². The summed E-state index contributed by atoms with van der Waals surface area (Å²) in [7, 11) is 0. The molecule has 0 aliphatic carbocycles. The number of thiophene rings is 1. The van der Waals surface area contributed by atoms with Crippen molar-refractivity contribution in [2.24, 2.45) is 10.9 Å². The molecule has 0 saturated carbocycles. The van der Waals surface area contributed by atoms with Gasteiger partial charge in [0.2, 0.25) is 0 Å². The summed E-state index contributed by atoms with van der Waals surface area (Å²) in [5.41, 5.74) is 1.47. The van der Waals surface area contributed by atoms with Crippen molar-refractivity contribution in [2.75, 3.05) is 0 Å². The van der Waals surface area contributed by atoms with Crippen LogP contribution in [-0.4, -0.2) is 27.0 Å². The first kappa shape index (κ1) is 11.2. The molecule has 2 atom stereocenters. The van der Waals surface area contributed by atoms with Gasteiger partial charge in [0.25, 0.3) is 0 Å². The molecule has 2 aromatic rings. The van der Waals surface area contributed by atoms with Gasteiger partial charge in [-0.1, -0.05) is 6.07 Å². The van der Waals surface area contributed by atoms with Crippen LogP contribution in [0.4, 0.5) is 5.82 Å². The van der Waals surface area contributed by atoms with Crippen molar-refractivity contribution in [2.45, 2.75) is 12.8 Å². The molecule has 0 bridgehead atoms. The predicted molar refractivity (Wildman–Crippen MR) is 68.6 cm³/mol. The SMILES string of the molecule is CC1=Nc2[nH]ncc2C(c2cccs2)C1C(=O)O. The maximum absolute atomic E-state index is 11.5. The Hall–Kier alpha value is -1.95. The van der Waals surface area contributed by atoms with Crippen LogP contribution in [0, 0.1) is 5.92 Å². The average Bonchev–Trinajstić information content (AvgIpc) is 2.96. The Morgan fingerprint density at radius 1 is 1.56 bits per heavy atom. The molecule has 0 fully saturated rings. The number of fused-ring (bicyclic) bond motifs is 1. The largest absolute Gasteiger partial charge is 0.481 e. The number of hydrogen-bond donors (Lipinski definition) is 2. The standard InChI is InChI=1S/C12H11N3O2S/c1-6-9(12(16)17)10(8-3-2-4-18-8)7-5-13-15-11(7)14-6/h2-5,9-10H,1H3,(H,13,15)(H,16,17). The molecular weight excluding hydrogens is 250 g/mol. The molecule has 18 heavy (non-hydrogen) atoms. The second-order valence-corrected chi connectivity index (χ2v) is 5.22. The third-order valence-corrected chi connectivity index (χ3v) is 4.13. The van der Waals surface area contributed by atoms with Crippen LogP contribution in [-0.2, 0) is 4.79 Å². The van der Waals surface area contributed by atoms with E-state index in [0.717, 1.165) is 10.4 Å². The summed E-state index contributed by atoms with van der Waals surface area (Å²) in [6.07, 6.45) is 1.67. The molecule has 5 nitrogen and oxygen atoms in total. The van der Waals surface area contributed by atoms with Gasteiger partial charge in [-0.2, -0.15) is 5.10 Å². The molecule has 3 heterocycles. The van der Waals surface area contributed by atoms with Crippen molar-refractivity contribution in [3.63, 3.8) is 0 Å². The van der Waals surface area contributed by atoms with Crippen molar-refractivity contribution in [1.29, 1.82) is 0 Å². The average molecular weight is 261 g/mol. The number of nitrogens with zero attached hydrogens (tertiary/aromatic N) is 2. The van der Waals surface area contributed by atoms with Gasteiger partial charge >= 0.3 is 5.97 Å². The Kier molecular flexibility index (Phi) is 2.52. The smallest absolute Gasteiger partial charge is 0.313 e. The quantitative estimate of drug-likeness (QED) is 0.871. The van der Waals surface area contributed by atoms with Gasteiger partial charge in [-0.3, -0.25) is 9.89 Å². The van der Waals surface area contributed by atoms with Gasteiger partial charge in [0.05, 0.1) is 6.20 Å². The molecule has 1 aliphatic heterocycles. The number of carboxylic acid groups (broad SMARTS) is 1. The van der Waals surface area contributed by atoms with E-state index in [0.29, 0.717) is 11.5 Å². The molecular formula is C12H11N3O2S. The highest BCUT2D eigenvalue weighted by atomic mass is 32.1. The number of aliphatic imine (C=N–C) groups is 1. The number of H-pyrrole nitrogens is 1. The van der Waals surface area contributed by atoms with E-state index in [1.54, 1.807) is 24.5 Å². The van der Waals surface area contributed by atoms with Crippen molar-refractivity contribution >= 4 is 28.8 Å². The van der Waals surface area contributed by atoms with Crippen LogP contribution in [0.3, 0.4) is 0 Å². The first-order valence-electron chi connectivity index (χ1n) is 5.53. The van der Waals surface area contributed by atoms with Crippen LogP contribution < -0.4 is 0 Å². The molecule has 2 unspecified atom stereocenters. The number of carboxylic acids is 1. The van der Waals surface area contributed by atoms with Gasteiger partial charge in [-0.15, -0.1) is 11.3 Å². The zero-order valence-electron chi connectivity index (χ0n) is 9.62. The van der Waals surface area contributed by atoms with E-state index in [1.165, 1.54) is 0 Å². The number of carbonyl (C=O) groups is 1. The van der Waals surface area contributed by atoms with E-state index in [2.05, 4.69) is 15.2 Å². The summed E-state index contributed by atoms with van der Waals surface area (Å²) in [5, 5.41) is 18.2. The lowest BCUT2D eigenvalue weighted by Crippen LogP contribution is -2.30. The van der Waals surface area contributed by atoms with E-state index >= 15 is 0 Å². The summed E-state index contributed by atoms with van der Waals surface area (Å²) in [4.78, 5) is 16.8. The topological polar surface area (TPSA) is 78.3 Å². The Morgan fingerprint density at radius 3 is 3.06 bits per heavy atom. The fraction of sp³-hybridized carbons (Fsp3) is 0.250. The number of nitrogens with one attached hydrogen (secondary N) is 1. The first-order chi connectivity index (χ1) is 8.68. The fourth-order valence-electron chi connectivity index (χ4n) is 2.38. The lowest BCUT2D eigenvalue weighted by molar-refractivity contribution is -0.139. The Morgan fingerprint density at radius 2 is 2.39 bits per heavy atom. The summed E-state index contributed by atoms with van der Waals surface area (Å²) in [6.45, 7) is 1.75. The zero-order valence-corrected chi connectivity index (χ0v) is 10.4. The minimum Gasteiger partial charge on any atom is -0.481 e. The van der Waals surface area contributed by atoms with Crippen molar-refractivity contribution in [1.82, 2.24) is 10.2 Å². The van der Waals surface area contributed by atoms with Gasteiger partial charge in [0.15, 0.2) is 5.82 Å². The third kappa shape index (κ3) is 1.57. The summed E-state index contributed by atoms with van der Waals surface area (Å²) < 4.78 is 0. The lowest BCUT2D eigenvalue weighted by atomic mass is 9.81. The highest BCUT2D eigenvalue weighted by Gasteiger charge is 2.38. The number of aliphatic carboxylic acids is 1. The molecule has 0 saturated heterocycles. The van der Waals surface area contributed by atoms with Crippen molar-refractivity contribution in [3.05, 3.63) is 34.2 Å². The van der Waals surface area contributed by atoms with E-state index < -0.39 is 11.9 Å². The normalized spacial score (nSPS) is 22.4. The maximum Gasteiger partial charge on any atom is 0.313 e. The van der Waals surface area contributed by atoms with Crippen LogP contribution in [0.15, 0.2) is 28.7 Å². The van der Waals surface area contributed by atoms with Gasteiger partial charge in [0.1, 0.15) is 5.92 Å². The minimum atomic E-state index is -0.846. The highest BCUT2D eigenvalue weighted by molar-refractivity contribution is 7.10. The second-order valence-electron chi connectivity index (χ2n) is 4.24. The minimum absolute atomic E-state index is 0.200. The van der Waals surface area contributed by atoms with Crippen LogP contribution in [0.25, 0.3) is 0 Å². The summed E-state index contributed by atoms with van der Waals surface area (Å²) >= 11 is 1.56. The summed E-state index contributed by atoms with van der Waals surface area (Å²) in [5.74, 6) is -0.993. The Labute approximate surface area is 107 Å². The molecule has 92 valence electrons. The fourth-order valence-corrected chi connectivity index (χ4v) is 3.26. The first-order valence-corrected chi connectivity index (χ1v) is 6.41. The van der Waals surface area contributed by atoms with Crippen molar-refractivity contribution in [3.8, 4) is 0 Å². The van der Waals surface area contributed by atoms with Gasteiger partial charge < -0.3 is 5.11 Å². The number of aromatic amines is 1. The van der Waals surface area contributed by atoms with E-state index in [-0.39, 0.29) is 5.92 Å². The molecule has 6 heteroatoms. The highest BCUT2D eigenvalue weighted by Crippen LogP contribution is 2.42. The van der Waals surface area contributed by atoms with E-state index in [4.69, 9.17) is 0 Å². The lowest BCUT2D eigenvalue weighted by Gasteiger charge is -2.26. The van der Waals surface area contributed by atoms with Gasteiger partial charge in [0, 0.05) is 22.1 Å². The van der Waals surface area contributed by atoms with E-state index in [1.807, 2.05) is 17.5 Å². The monoisotopic (exact) mass is 261 g/mol. The van der Waals surface area contributed by atoms with Crippen LogP contribution >= 0.6 is 11.3 Å². The van der Waals surface area contributed by atoms with E-state index in [9.17, 15) is 9.90 Å². The van der Waals surface area contributed by atoms with Crippen LogP contribution in [0.1, 0.15) is 23.3 Å². The molecule has 3 rings (SSSR count). The molecule has 2 N–H and O–H groups in total. The molecule has 1 aliphatic rings. The molecule has 0 amide bonds. The molecule has 2 aromatic heterocycles. The Bertz CT molecular complexity index is 615.